The van der Waals surface area contributed by atoms with Gasteiger partial charge in [0, 0.05) is 24.3 Å². The van der Waals surface area contributed by atoms with Crippen molar-refractivity contribution in [2.45, 2.75) is 19.3 Å². The highest BCUT2D eigenvalue weighted by Crippen LogP contribution is 2.12. The van der Waals surface area contributed by atoms with E-state index in [0.717, 1.165) is 0 Å². The van der Waals surface area contributed by atoms with Crippen LogP contribution in [0.25, 0.3) is 10.4 Å². The van der Waals surface area contributed by atoms with Gasteiger partial charge in [0.15, 0.2) is 0 Å². The first-order valence-corrected chi connectivity index (χ1v) is 30.1. The number of hydroxylamine groups is 2. The SMILES string of the molecule is [N-]=[N+]=NCCOCCOCCOCCOCCOCCOCCOCCOCCOCCOCCOCCOCCOCCOCCOCCOCCOCCOCCOCCOCCOCCOCCOCCOCCC(=O)ON1C(=O)CCC1=O. The molecule has 0 aromatic rings. The molecular weight excluding hydrogens is 1160 g/mol. The van der Waals surface area contributed by atoms with Gasteiger partial charge in [0.05, 0.1) is 324 Å². The minimum Gasteiger partial charge on any atom is -0.379 e. The van der Waals surface area contributed by atoms with E-state index < -0.39 is 17.8 Å². The number of hydrogen-bond acceptors (Lipinski definition) is 29. The van der Waals surface area contributed by atoms with E-state index in [1.165, 1.54) is 0 Å². The van der Waals surface area contributed by atoms with Crippen molar-refractivity contribution >= 4 is 17.8 Å². The summed E-state index contributed by atoms with van der Waals surface area (Å²) in [5.74, 6) is -1.74. The summed E-state index contributed by atoms with van der Waals surface area (Å²) in [6.07, 6.45) is 0.0200. The first kappa shape index (κ1) is 82.0. The van der Waals surface area contributed by atoms with Gasteiger partial charge in [-0.25, -0.2) is 4.79 Å². The minimum absolute atomic E-state index is 0.0515. The predicted molar refractivity (Wildman–Crippen MR) is 305 cm³/mol. The van der Waals surface area contributed by atoms with Gasteiger partial charge in [0.1, 0.15) is 0 Å². The number of nitrogens with zero attached hydrogens (tertiary/aromatic N) is 4. The lowest BCUT2D eigenvalue weighted by atomic mass is 10.4. The van der Waals surface area contributed by atoms with E-state index in [1.807, 2.05) is 0 Å². The van der Waals surface area contributed by atoms with Crippen molar-refractivity contribution < 1.29 is 133 Å². The predicted octanol–water partition coefficient (Wildman–Crippen LogP) is 0.692. The number of ether oxygens (including phenoxy) is 24. The number of carbonyl (C=O) groups is 3. The highest BCUT2D eigenvalue weighted by Gasteiger charge is 2.32. The van der Waals surface area contributed by atoms with Crippen molar-refractivity contribution in [3.63, 3.8) is 0 Å². The van der Waals surface area contributed by atoms with E-state index in [4.69, 9.17) is 124 Å². The summed E-state index contributed by atoms with van der Waals surface area (Å²) >= 11 is 0. The maximum atomic E-state index is 11.7. The van der Waals surface area contributed by atoms with E-state index >= 15 is 0 Å². The first-order chi connectivity index (χ1) is 43.1. The zero-order valence-electron chi connectivity index (χ0n) is 51.5. The minimum atomic E-state index is -0.706. The van der Waals surface area contributed by atoms with Crippen LogP contribution in [0, 0.1) is 0 Å². The normalized spacial score (nSPS) is 12.5. The molecule has 1 rings (SSSR count). The van der Waals surface area contributed by atoms with E-state index in [9.17, 15) is 14.4 Å². The summed E-state index contributed by atoms with van der Waals surface area (Å²) in [7, 11) is 0. The summed E-state index contributed by atoms with van der Waals surface area (Å²) in [6.45, 7) is 21.9. The molecule has 0 bridgehead atoms. The molecule has 0 aliphatic carbocycles. The van der Waals surface area contributed by atoms with Crippen LogP contribution in [0.5, 0.6) is 0 Å². The third-order valence-corrected chi connectivity index (χ3v) is 10.6. The second kappa shape index (κ2) is 72.0. The van der Waals surface area contributed by atoms with E-state index in [1.54, 1.807) is 0 Å². The summed E-state index contributed by atoms with van der Waals surface area (Å²) in [5, 5.41) is 3.90. The van der Waals surface area contributed by atoms with Crippen LogP contribution < -0.4 is 0 Å². The van der Waals surface area contributed by atoms with Crippen LogP contribution in [-0.2, 0) is 133 Å². The number of rotatable bonds is 76. The summed E-state index contributed by atoms with van der Waals surface area (Å²) < 4.78 is 131. The molecule has 1 saturated heterocycles. The Labute approximate surface area is 513 Å². The Balaban J connectivity index is 1.59. The van der Waals surface area contributed by atoms with Gasteiger partial charge in [-0.2, -0.15) is 0 Å². The van der Waals surface area contributed by atoms with Gasteiger partial charge in [-0.05, 0) is 5.53 Å². The van der Waals surface area contributed by atoms with Crippen LogP contribution in [0.15, 0.2) is 5.11 Å². The zero-order chi connectivity index (χ0) is 62.2. The first-order valence-electron chi connectivity index (χ1n) is 30.1. The number of amides is 2. The molecule has 0 saturated carbocycles. The lowest BCUT2D eigenvalue weighted by Gasteiger charge is -2.12. The van der Waals surface area contributed by atoms with Gasteiger partial charge in [-0.3, -0.25) is 9.59 Å². The van der Waals surface area contributed by atoms with Crippen molar-refractivity contribution in [3.8, 4) is 0 Å². The van der Waals surface area contributed by atoms with E-state index in [2.05, 4.69) is 10.0 Å². The molecule has 32 nitrogen and oxygen atoms in total. The molecule has 0 radical (unpaired) electrons. The van der Waals surface area contributed by atoms with E-state index in [0.29, 0.717) is 316 Å². The lowest BCUT2D eigenvalue weighted by Crippen LogP contribution is -2.32. The van der Waals surface area contributed by atoms with Gasteiger partial charge in [-0.15, -0.1) is 5.06 Å². The van der Waals surface area contributed by atoms with Gasteiger partial charge >= 0.3 is 5.97 Å². The standard InChI is InChI=1S/C55H104N4O28/c56-58-57-4-6-64-8-10-66-12-14-68-16-18-70-20-22-72-24-26-74-28-30-76-32-34-78-36-38-80-40-42-82-44-46-84-48-50-86-52-51-85-49-47-83-45-43-81-41-39-79-37-35-77-33-31-75-29-27-73-25-23-71-21-19-69-17-15-67-13-11-65-9-7-63-5-3-55(62)87-59-53(60)1-2-54(59)61/h1-52H2. The molecule has 0 spiro atoms. The summed E-state index contributed by atoms with van der Waals surface area (Å²) in [5.41, 5.74) is 8.17. The quantitative estimate of drug-likeness (QED) is 0.0266. The van der Waals surface area contributed by atoms with Gasteiger partial charge < -0.3 is 119 Å². The zero-order valence-corrected chi connectivity index (χ0v) is 51.5. The molecule has 87 heavy (non-hydrogen) atoms. The Kier molecular flexibility index (Phi) is 67.9. The molecule has 0 N–H and O–H groups in total. The third-order valence-electron chi connectivity index (χ3n) is 10.6. The Morgan fingerprint density at radius 2 is 0.425 bits per heavy atom. The molecule has 1 fully saturated rings. The molecule has 0 unspecified atom stereocenters. The average molecular weight is 1270 g/mol. The van der Waals surface area contributed by atoms with Crippen molar-refractivity contribution in [1.29, 1.82) is 0 Å². The third kappa shape index (κ3) is 65.7. The fourth-order valence-electron chi connectivity index (χ4n) is 6.27. The smallest absolute Gasteiger partial charge is 0.335 e. The largest absolute Gasteiger partial charge is 0.379 e. The van der Waals surface area contributed by atoms with Crippen LogP contribution in [0.4, 0.5) is 0 Å². The fraction of sp³-hybridized carbons (Fsp3) is 0.945. The molecule has 0 aromatic heterocycles. The highest BCUT2D eigenvalue weighted by molar-refractivity contribution is 6.01. The molecular formula is C55H104N4O28. The van der Waals surface area contributed by atoms with E-state index in [-0.39, 0.29) is 32.5 Å². The maximum absolute atomic E-state index is 11.7. The van der Waals surface area contributed by atoms with Crippen molar-refractivity contribution in [3.05, 3.63) is 10.4 Å². The van der Waals surface area contributed by atoms with Gasteiger partial charge in [0.25, 0.3) is 11.8 Å². The monoisotopic (exact) mass is 1270 g/mol. The Morgan fingerprint density at radius 3 is 0.586 bits per heavy atom. The van der Waals surface area contributed by atoms with Crippen LogP contribution in [0.2, 0.25) is 0 Å². The second-order valence-corrected chi connectivity index (χ2v) is 17.4. The average Bonchev–Trinajstić information content (AvgIpc) is 4.11. The molecule has 512 valence electrons. The second-order valence-electron chi connectivity index (χ2n) is 17.4. The van der Waals surface area contributed by atoms with Crippen molar-refractivity contribution in [2.24, 2.45) is 5.11 Å². The number of hydrogen-bond donors (Lipinski definition) is 0. The lowest BCUT2D eigenvalue weighted by molar-refractivity contribution is -0.198. The maximum Gasteiger partial charge on any atom is 0.335 e. The highest BCUT2D eigenvalue weighted by atomic mass is 16.7. The molecule has 0 aromatic carbocycles. The van der Waals surface area contributed by atoms with Crippen LogP contribution in [0.1, 0.15) is 19.3 Å². The molecule has 1 heterocycles. The van der Waals surface area contributed by atoms with Crippen LogP contribution in [-0.4, -0.2) is 347 Å². The van der Waals surface area contributed by atoms with Crippen molar-refractivity contribution in [2.75, 3.05) is 324 Å². The topological polar surface area (TPSA) is 334 Å². The fourth-order valence-corrected chi connectivity index (χ4v) is 6.27. The molecule has 0 atom stereocenters. The molecule has 1 aliphatic rings. The molecule has 2 amide bonds. The van der Waals surface area contributed by atoms with Crippen LogP contribution in [0.3, 0.4) is 0 Å². The van der Waals surface area contributed by atoms with Crippen molar-refractivity contribution in [1.82, 2.24) is 5.06 Å². The number of carbonyl (C=O) groups excluding carboxylic acids is 3. The van der Waals surface area contributed by atoms with Gasteiger partial charge in [-0.1, -0.05) is 5.11 Å². The molecule has 1 aliphatic heterocycles. The Hall–Kier alpha value is -3.04. The summed E-state index contributed by atoms with van der Waals surface area (Å²) in [4.78, 5) is 42.0. The summed E-state index contributed by atoms with van der Waals surface area (Å²) in [6, 6.07) is 0. The van der Waals surface area contributed by atoms with Gasteiger partial charge in [0.2, 0.25) is 0 Å². The Morgan fingerprint density at radius 1 is 0.276 bits per heavy atom. The van der Waals surface area contributed by atoms with Crippen LogP contribution >= 0.6 is 0 Å². The number of imide groups is 1. The number of azide groups is 1. The molecule has 32 heteroatoms. The Bertz CT molecular complexity index is 1490.